The second-order valence-corrected chi connectivity index (χ2v) is 8.56. The molecule has 2 amide bonds. The molecule has 0 unspecified atom stereocenters. The normalized spacial score (nSPS) is 11.1. The predicted octanol–water partition coefficient (Wildman–Crippen LogP) is 4.02. The second kappa shape index (κ2) is 11.4. The van der Waals surface area contributed by atoms with Crippen LogP contribution in [-0.4, -0.2) is 41.8 Å². The summed E-state index contributed by atoms with van der Waals surface area (Å²) >= 11 is 6.63. The number of nitrogen functional groups attached to an aromatic ring is 1. The van der Waals surface area contributed by atoms with Crippen molar-refractivity contribution in [2.45, 2.75) is 11.3 Å². The van der Waals surface area contributed by atoms with Crippen LogP contribution in [0.1, 0.15) is 15.9 Å². The molecular formula is C22H19ClF3N5O5S. The second-order valence-electron chi connectivity index (χ2n) is 7.18. The smallest absolute Gasteiger partial charge is 0.416 e. The third-order valence-corrected chi connectivity index (χ3v) is 5.92. The van der Waals surface area contributed by atoms with Crippen molar-refractivity contribution in [3.05, 3.63) is 62.9 Å². The lowest BCUT2D eigenvalue weighted by Crippen LogP contribution is -2.23. The van der Waals surface area contributed by atoms with Gasteiger partial charge in [0, 0.05) is 5.56 Å². The summed E-state index contributed by atoms with van der Waals surface area (Å²) in [5, 5.41) is 4.50. The largest absolute Gasteiger partial charge is 0.493 e. The SMILES string of the molecule is COc1ccc(C(=O)Nc2c(N)nc(SCC(=O)Nc3cc(C(F)(F)F)ccc3Cl)[nH]c2=O)cc1OC. The zero-order valence-electron chi connectivity index (χ0n) is 19.2. The molecule has 3 rings (SSSR count). The first-order chi connectivity index (χ1) is 17.4. The molecule has 0 saturated heterocycles. The number of nitrogens with one attached hydrogen (secondary N) is 3. The number of anilines is 3. The lowest BCUT2D eigenvalue weighted by molar-refractivity contribution is -0.137. The first-order valence-electron chi connectivity index (χ1n) is 10.2. The van der Waals surface area contributed by atoms with E-state index in [0.717, 1.165) is 23.9 Å². The van der Waals surface area contributed by atoms with E-state index < -0.39 is 29.1 Å². The number of aromatic nitrogens is 2. The maximum atomic E-state index is 12.9. The van der Waals surface area contributed by atoms with Crippen LogP contribution in [0.15, 0.2) is 46.3 Å². The van der Waals surface area contributed by atoms with Crippen molar-refractivity contribution in [3.63, 3.8) is 0 Å². The van der Waals surface area contributed by atoms with Gasteiger partial charge in [-0.25, -0.2) is 4.98 Å². The third-order valence-electron chi connectivity index (χ3n) is 4.72. The summed E-state index contributed by atoms with van der Waals surface area (Å²) in [4.78, 5) is 43.6. The minimum Gasteiger partial charge on any atom is -0.493 e. The average molecular weight is 558 g/mol. The fourth-order valence-corrected chi connectivity index (χ4v) is 3.77. The van der Waals surface area contributed by atoms with Crippen molar-refractivity contribution in [1.82, 2.24) is 9.97 Å². The number of rotatable bonds is 8. The van der Waals surface area contributed by atoms with Gasteiger partial charge >= 0.3 is 6.18 Å². The number of H-pyrrole nitrogens is 1. The number of aromatic amines is 1. The molecule has 1 heterocycles. The summed E-state index contributed by atoms with van der Waals surface area (Å²) in [5.41, 5.74) is 3.67. The van der Waals surface area contributed by atoms with Gasteiger partial charge in [-0.05, 0) is 36.4 Å². The molecule has 0 radical (unpaired) electrons. The maximum absolute atomic E-state index is 12.9. The molecule has 0 aliphatic heterocycles. The number of halogens is 4. The van der Waals surface area contributed by atoms with Gasteiger partial charge in [0.1, 0.15) is 5.69 Å². The number of nitrogens with two attached hydrogens (primary N) is 1. The fourth-order valence-electron chi connectivity index (χ4n) is 2.94. The Morgan fingerprint density at radius 1 is 1.11 bits per heavy atom. The van der Waals surface area contributed by atoms with Crippen LogP contribution in [0.5, 0.6) is 11.5 Å². The number of benzene rings is 2. The van der Waals surface area contributed by atoms with E-state index >= 15 is 0 Å². The molecule has 37 heavy (non-hydrogen) atoms. The van der Waals surface area contributed by atoms with Gasteiger partial charge < -0.3 is 25.8 Å². The quantitative estimate of drug-likeness (QED) is 0.240. The van der Waals surface area contributed by atoms with Gasteiger partial charge in [0.2, 0.25) is 5.91 Å². The Morgan fingerprint density at radius 3 is 2.43 bits per heavy atom. The van der Waals surface area contributed by atoms with Gasteiger partial charge in [-0.3, -0.25) is 19.4 Å². The first kappa shape index (κ1) is 27.7. The monoisotopic (exact) mass is 557 g/mol. The molecule has 0 bridgehead atoms. The van der Waals surface area contributed by atoms with Crippen molar-refractivity contribution in [2.24, 2.45) is 0 Å². The molecule has 1 aromatic heterocycles. The Bertz CT molecular complexity index is 1400. The molecule has 0 aliphatic rings. The van der Waals surface area contributed by atoms with Crippen molar-refractivity contribution < 1.29 is 32.2 Å². The number of amides is 2. The first-order valence-corrected chi connectivity index (χ1v) is 11.5. The Balaban J connectivity index is 1.68. The van der Waals surface area contributed by atoms with Gasteiger partial charge in [-0.15, -0.1) is 0 Å². The molecule has 0 spiro atoms. The number of hydrogen-bond donors (Lipinski definition) is 4. The van der Waals surface area contributed by atoms with E-state index in [1.807, 2.05) is 0 Å². The van der Waals surface area contributed by atoms with Crippen LogP contribution in [0.25, 0.3) is 0 Å². The Kier molecular flexibility index (Phi) is 8.55. The molecule has 196 valence electrons. The standard InChI is InChI=1S/C22H19ClF3N5O5S/c1-35-14-6-3-10(7-15(14)36-2)19(33)29-17-18(27)30-21(31-20(17)34)37-9-16(32)28-13-8-11(22(24,25)26)4-5-12(13)23/h3-8H,9H2,1-2H3,(H,28,32)(H,29,33)(H3,27,30,31,34). The van der Waals surface area contributed by atoms with Crippen LogP contribution in [0.3, 0.4) is 0 Å². The molecule has 0 saturated carbocycles. The van der Waals surface area contributed by atoms with Gasteiger partial charge in [0.15, 0.2) is 22.5 Å². The number of nitrogens with zero attached hydrogens (tertiary/aromatic N) is 1. The highest BCUT2D eigenvalue weighted by Gasteiger charge is 2.31. The minimum atomic E-state index is -4.61. The fraction of sp³-hybridized carbons (Fsp3) is 0.182. The van der Waals surface area contributed by atoms with Crippen molar-refractivity contribution >= 4 is 52.4 Å². The van der Waals surface area contributed by atoms with Crippen molar-refractivity contribution in [3.8, 4) is 11.5 Å². The zero-order chi connectivity index (χ0) is 27.3. The highest BCUT2D eigenvalue weighted by Crippen LogP contribution is 2.34. The highest BCUT2D eigenvalue weighted by atomic mass is 35.5. The number of ether oxygens (including phenoxy) is 2. The summed E-state index contributed by atoms with van der Waals surface area (Å²) < 4.78 is 49.0. The van der Waals surface area contributed by atoms with E-state index in [4.69, 9.17) is 26.8 Å². The molecule has 0 atom stereocenters. The van der Waals surface area contributed by atoms with Gasteiger partial charge in [-0.1, -0.05) is 23.4 Å². The molecule has 3 aromatic rings. The number of carbonyl (C=O) groups excluding carboxylic acids is 2. The van der Waals surface area contributed by atoms with Crippen molar-refractivity contribution in [1.29, 1.82) is 0 Å². The highest BCUT2D eigenvalue weighted by molar-refractivity contribution is 7.99. The third kappa shape index (κ3) is 6.86. The lowest BCUT2D eigenvalue weighted by Gasteiger charge is -2.12. The Hall–Kier alpha value is -3.91. The Morgan fingerprint density at radius 2 is 1.81 bits per heavy atom. The predicted molar refractivity (Wildman–Crippen MR) is 133 cm³/mol. The number of methoxy groups -OCH3 is 2. The number of hydrogen-bond acceptors (Lipinski definition) is 8. The van der Waals surface area contributed by atoms with Crippen LogP contribution in [0.4, 0.5) is 30.4 Å². The number of thioether (sulfide) groups is 1. The van der Waals surface area contributed by atoms with E-state index in [9.17, 15) is 27.6 Å². The van der Waals surface area contributed by atoms with E-state index in [-0.39, 0.29) is 38.7 Å². The van der Waals surface area contributed by atoms with E-state index in [1.165, 1.54) is 32.4 Å². The van der Waals surface area contributed by atoms with Crippen LogP contribution in [0.2, 0.25) is 5.02 Å². The van der Waals surface area contributed by atoms with Crippen LogP contribution < -0.4 is 31.4 Å². The van der Waals surface area contributed by atoms with E-state index in [0.29, 0.717) is 17.6 Å². The summed E-state index contributed by atoms with van der Waals surface area (Å²) in [6.07, 6.45) is -4.61. The van der Waals surface area contributed by atoms with Crippen LogP contribution in [-0.2, 0) is 11.0 Å². The van der Waals surface area contributed by atoms with Gasteiger partial charge in [0.05, 0.1) is 36.2 Å². The van der Waals surface area contributed by atoms with E-state index in [1.54, 1.807) is 0 Å². The Labute approximate surface area is 216 Å². The molecule has 5 N–H and O–H groups in total. The molecule has 0 aliphatic carbocycles. The molecule has 2 aromatic carbocycles. The molecular weight excluding hydrogens is 539 g/mol. The number of carbonyl (C=O) groups is 2. The summed E-state index contributed by atoms with van der Waals surface area (Å²) in [5.74, 6) is -1.34. The number of alkyl halides is 3. The minimum absolute atomic E-state index is 0.0584. The average Bonchev–Trinajstić information content (AvgIpc) is 2.85. The van der Waals surface area contributed by atoms with Gasteiger partial charge in [-0.2, -0.15) is 13.2 Å². The molecule has 10 nitrogen and oxygen atoms in total. The summed E-state index contributed by atoms with van der Waals surface area (Å²) in [6, 6.07) is 6.88. The van der Waals surface area contributed by atoms with Crippen molar-refractivity contribution in [2.75, 3.05) is 36.3 Å². The lowest BCUT2D eigenvalue weighted by atomic mass is 10.2. The topological polar surface area (TPSA) is 148 Å². The van der Waals surface area contributed by atoms with Gasteiger partial charge in [0.25, 0.3) is 11.5 Å². The molecule has 0 fully saturated rings. The summed E-state index contributed by atoms with van der Waals surface area (Å²) in [7, 11) is 2.84. The molecule has 15 heteroatoms. The van der Waals surface area contributed by atoms with E-state index in [2.05, 4.69) is 20.6 Å². The van der Waals surface area contributed by atoms with Crippen LogP contribution >= 0.6 is 23.4 Å². The van der Waals surface area contributed by atoms with Crippen LogP contribution in [0, 0.1) is 0 Å². The zero-order valence-corrected chi connectivity index (χ0v) is 20.7. The maximum Gasteiger partial charge on any atom is 0.416 e. The summed E-state index contributed by atoms with van der Waals surface area (Å²) in [6.45, 7) is 0.